The lowest BCUT2D eigenvalue weighted by Gasteiger charge is -2.51. The highest BCUT2D eigenvalue weighted by atomic mass is 15.3. The summed E-state index contributed by atoms with van der Waals surface area (Å²) >= 11 is 0. The van der Waals surface area contributed by atoms with Gasteiger partial charge in [-0.1, -0.05) is 35.4 Å². The second kappa shape index (κ2) is 8.68. The van der Waals surface area contributed by atoms with E-state index >= 15 is 0 Å². The quantitative estimate of drug-likeness (QED) is 0.714. The molecule has 0 bridgehead atoms. The van der Waals surface area contributed by atoms with Crippen LogP contribution in [0.5, 0.6) is 0 Å². The Balaban J connectivity index is 2.13. The van der Waals surface area contributed by atoms with Crippen LogP contribution in [0.2, 0.25) is 0 Å². The molecule has 2 aromatic carbocycles. The van der Waals surface area contributed by atoms with Crippen molar-refractivity contribution in [1.29, 1.82) is 0 Å². The van der Waals surface area contributed by atoms with Gasteiger partial charge in [-0.05, 0) is 92.0 Å². The van der Waals surface area contributed by atoms with E-state index in [0.29, 0.717) is 0 Å². The molecule has 1 saturated heterocycles. The zero-order valence-corrected chi connectivity index (χ0v) is 20.7. The summed E-state index contributed by atoms with van der Waals surface area (Å²) in [6, 6.07) is 9.28. The molecule has 1 heterocycles. The Kier molecular flexibility index (Phi) is 6.59. The van der Waals surface area contributed by atoms with Crippen molar-refractivity contribution in [1.82, 2.24) is 9.62 Å². The third-order valence-electron chi connectivity index (χ3n) is 6.39. The van der Waals surface area contributed by atoms with Gasteiger partial charge in [0.05, 0.1) is 0 Å². The lowest BCUT2D eigenvalue weighted by atomic mass is 9.29. The van der Waals surface area contributed by atoms with Crippen LogP contribution in [-0.4, -0.2) is 64.6 Å². The Morgan fingerprint density at radius 1 is 0.567 bits per heavy atom. The Morgan fingerprint density at radius 3 is 1.07 bits per heavy atom. The highest BCUT2D eigenvalue weighted by molar-refractivity contribution is 7.23. The van der Waals surface area contributed by atoms with E-state index in [2.05, 4.69) is 113 Å². The van der Waals surface area contributed by atoms with Gasteiger partial charge in [-0.15, -0.1) is 0 Å². The summed E-state index contributed by atoms with van der Waals surface area (Å²) in [5.41, 5.74) is 10.9. The van der Waals surface area contributed by atoms with Crippen LogP contribution in [-0.2, 0) is 0 Å². The van der Waals surface area contributed by atoms with Crippen molar-refractivity contribution >= 4 is 25.1 Å². The predicted octanol–water partition coefficient (Wildman–Crippen LogP) is 4.04. The fourth-order valence-corrected chi connectivity index (χ4v) is 5.63. The molecule has 3 rings (SSSR count). The second-order valence-corrected chi connectivity index (χ2v) is 9.64. The summed E-state index contributed by atoms with van der Waals surface area (Å²) in [7, 11) is 8.85. The van der Waals surface area contributed by atoms with Crippen LogP contribution in [0.15, 0.2) is 24.3 Å². The molecule has 0 aliphatic carbocycles. The first-order valence-electron chi connectivity index (χ1n) is 11.0. The van der Waals surface area contributed by atoms with Crippen molar-refractivity contribution in [3.8, 4) is 0 Å². The van der Waals surface area contributed by atoms with Crippen molar-refractivity contribution in [3.05, 3.63) is 57.6 Å². The normalized spacial score (nSPS) is 15.1. The Morgan fingerprint density at radius 2 is 0.833 bits per heavy atom. The molecular weight excluding hydrogens is 366 g/mol. The van der Waals surface area contributed by atoms with Gasteiger partial charge in [-0.2, -0.15) is 0 Å². The van der Waals surface area contributed by atoms with E-state index in [1.54, 1.807) is 0 Å². The van der Waals surface area contributed by atoms with Gasteiger partial charge < -0.3 is 19.2 Å². The third kappa shape index (κ3) is 4.13. The highest BCUT2D eigenvalue weighted by Crippen LogP contribution is 2.34. The molecule has 30 heavy (non-hydrogen) atoms. The summed E-state index contributed by atoms with van der Waals surface area (Å²) < 4.78 is 0. The molecule has 0 amide bonds. The fraction of sp³-hybridized carbons (Fsp3) is 0.500. The smallest absolute Gasteiger partial charge is 0.351 e. The summed E-state index contributed by atoms with van der Waals surface area (Å²) in [5.74, 6) is 0. The van der Waals surface area contributed by atoms with Crippen molar-refractivity contribution in [2.45, 2.75) is 41.5 Å². The SMILES string of the molecule is Cc1cc(C)c(N2CCN(c3c(C)cc(C)cc3C)B(N(C)C)B2N(C)C)c(C)c1. The maximum absolute atomic E-state index is 2.63. The molecule has 1 fully saturated rings. The van der Waals surface area contributed by atoms with Gasteiger partial charge in [0.2, 0.25) is 0 Å². The maximum atomic E-state index is 2.63. The van der Waals surface area contributed by atoms with E-state index in [-0.39, 0.29) is 13.7 Å². The highest BCUT2D eigenvalue weighted by Gasteiger charge is 2.49. The minimum atomic E-state index is 0.244. The summed E-state index contributed by atoms with van der Waals surface area (Å²) in [4.78, 5) is 10.0. The molecule has 0 spiro atoms. The van der Waals surface area contributed by atoms with Crippen LogP contribution in [0, 0.1) is 41.5 Å². The molecule has 2 aromatic rings. The van der Waals surface area contributed by atoms with Gasteiger partial charge in [-0.25, -0.2) is 0 Å². The Labute approximate surface area is 185 Å². The molecule has 160 valence electrons. The minimum absolute atomic E-state index is 0.244. The van der Waals surface area contributed by atoms with Crippen LogP contribution < -0.4 is 9.62 Å². The van der Waals surface area contributed by atoms with Gasteiger partial charge in [0.25, 0.3) is 0 Å². The van der Waals surface area contributed by atoms with Crippen molar-refractivity contribution in [3.63, 3.8) is 0 Å². The van der Waals surface area contributed by atoms with E-state index in [1.165, 1.54) is 44.8 Å². The van der Waals surface area contributed by atoms with Crippen LogP contribution in [0.3, 0.4) is 0 Å². The van der Waals surface area contributed by atoms with E-state index < -0.39 is 0 Å². The first-order valence-corrected chi connectivity index (χ1v) is 11.0. The zero-order chi connectivity index (χ0) is 22.3. The number of nitrogens with zero attached hydrogens (tertiary/aromatic N) is 4. The van der Waals surface area contributed by atoms with E-state index in [4.69, 9.17) is 0 Å². The topological polar surface area (TPSA) is 13.0 Å². The molecule has 0 saturated carbocycles. The van der Waals surface area contributed by atoms with Crippen LogP contribution in [0.4, 0.5) is 11.4 Å². The standard InChI is InChI=1S/C24H38B2N4/c1-17-13-19(3)23(20(4)14-17)29-11-12-30(26(28(9)10)25(29)27(7)8)24-21(5)15-18(2)16-22(24)6/h13-16H,11-12H2,1-10H3. The first-order chi connectivity index (χ1) is 14.0. The maximum Gasteiger partial charge on any atom is 0.351 e. The summed E-state index contributed by atoms with van der Waals surface area (Å²) in [5, 5.41) is 0. The van der Waals surface area contributed by atoms with Gasteiger partial charge in [0.15, 0.2) is 0 Å². The molecule has 6 heteroatoms. The lowest BCUT2D eigenvalue weighted by Crippen LogP contribution is -2.76. The average Bonchev–Trinajstić information content (AvgIpc) is 2.59. The van der Waals surface area contributed by atoms with E-state index in [1.807, 2.05) is 0 Å². The molecule has 1 aliphatic rings. The average molecular weight is 404 g/mol. The van der Waals surface area contributed by atoms with Gasteiger partial charge >= 0.3 is 13.7 Å². The predicted molar refractivity (Wildman–Crippen MR) is 135 cm³/mol. The van der Waals surface area contributed by atoms with E-state index in [9.17, 15) is 0 Å². The van der Waals surface area contributed by atoms with Crippen molar-refractivity contribution in [2.24, 2.45) is 0 Å². The van der Waals surface area contributed by atoms with Crippen LogP contribution >= 0.6 is 0 Å². The number of aryl methyl sites for hydroxylation is 6. The Bertz CT molecular complexity index is 804. The largest absolute Gasteiger partial charge is 0.402 e. The van der Waals surface area contributed by atoms with Crippen LogP contribution in [0.25, 0.3) is 0 Å². The Hall–Kier alpha value is -1.91. The van der Waals surface area contributed by atoms with Crippen molar-refractivity contribution in [2.75, 3.05) is 50.9 Å². The molecule has 0 unspecified atom stereocenters. The summed E-state index contributed by atoms with van der Waals surface area (Å²) in [6.45, 7) is 15.9. The molecule has 1 aliphatic heterocycles. The van der Waals surface area contributed by atoms with Crippen molar-refractivity contribution < 1.29 is 0 Å². The lowest BCUT2D eigenvalue weighted by molar-refractivity contribution is 0.597. The monoisotopic (exact) mass is 404 g/mol. The molecule has 0 radical (unpaired) electrons. The second-order valence-electron chi connectivity index (χ2n) is 9.64. The molecule has 0 aromatic heterocycles. The molecule has 4 nitrogen and oxygen atoms in total. The minimum Gasteiger partial charge on any atom is -0.402 e. The number of hydrogen-bond acceptors (Lipinski definition) is 4. The number of anilines is 2. The first kappa shape index (κ1) is 22.8. The third-order valence-corrected chi connectivity index (χ3v) is 6.39. The summed E-state index contributed by atoms with van der Waals surface area (Å²) in [6.07, 6.45) is 0. The molecule has 0 atom stereocenters. The zero-order valence-electron chi connectivity index (χ0n) is 20.7. The molecule has 0 N–H and O–H groups in total. The van der Waals surface area contributed by atoms with Crippen LogP contribution in [0.1, 0.15) is 33.4 Å². The van der Waals surface area contributed by atoms with Gasteiger partial charge in [0, 0.05) is 24.5 Å². The van der Waals surface area contributed by atoms with Gasteiger partial charge in [0.1, 0.15) is 0 Å². The number of hydrogen-bond donors (Lipinski definition) is 0. The van der Waals surface area contributed by atoms with E-state index in [0.717, 1.165) is 13.1 Å². The van der Waals surface area contributed by atoms with Gasteiger partial charge in [-0.3, -0.25) is 0 Å². The number of benzene rings is 2. The number of rotatable bonds is 4. The fourth-order valence-electron chi connectivity index (χ4n) is 5.63. The molecular formula is C24H38B2N4.